The van der Waals surface area contributed by atoms with Gasteiger partial charge in [0.1, 0.15) is 0 Å². The Bertz CT molecular complexity index is 298. The Morgan fingerprint density at radius 2 is 1.73 bits per heavy atom. The van der Waals surface area contributed by atoms with E-state index in [1.807, 2.05) is 0 Å². The fourth-order valence-electron chi connectivity index (χ4n) is 0.944. The summed E-state index contributed by atoms with van der Waals surface area (Å²) in [4.78, 5) is 0.368. The van der Waals surface area contributed by atoms with Gasteiger partial charge in [-0.3, -0.25) is 0 Å². The van der Waals surface area contributed by atoms with E-state index in [9.17, 15) is 8.42 Å². The second kappa shape index (κ2) is 9.68. The molecule has 0 aliphatic heterocycles. The van der Waals surface area contributed by atoms with Gasteiger partial charge in [-0.1, -0.05) is 38.0 Å². The maximum Gasteiger partial charge on any atom is 0.168 e. The number of hydrogen-bond acceptors (Lipinski definition) is 3. The van der Waals surface area contributed by atoms with Gasteiger partial charge in [-0.2, -0.15) is 0 Å². The molecule has 0 bridgehead atoms. The fourth-order valence-corrected chi connectivity index (χ4v) is 1.36. The first-order valence-corrected chi connectivity index (χ1v) is 6.29. The van der Waals surface area contributed by atoms with Crippen molar-refractivity contribution >= 4 is 10.7 Å². The van der Waals surface area contributed by atoms with Gasteiger partial charge < -0.3 is 5.73 Å². The summed E-state index contributed by atoms with van der Waals surface area (Å²) in [5.41, 5.74) is 5.21. The average molecular weight is 229 g/mol. The van der Waals surface area contributed by atoms with Crippen LogP contribution in [0.5, 0.6) is 0 Å². The van der Waals surface area contributed by atoms with Gasteiger partial charge in [-0.15, -0.1) is 0 Å². The lowest BCUT2D eigenvalue weighted by Gasteiger charge is -1.86. The topological polar surface area (TPSA) is 60.2 Å². The van der Waals surface area contributed by atoms with Crippen molar-refractivity contribution in [1.29, 1.82) is 0 Å². The van der Waals surface area contributed by atoms with Crippen LogP contribution in [0.1, 0.15) is 26.2 Å². The number of benzene rings is 1. The fraction of sp³-hybridized carbons (Fsp3) is 0.455. The van der Waals surface area contributed by atoms with E-state index in [1.54, 1.807) is 30.3 Å². The second-order valence-corrected chi connectivity index (χ2v) is 4.12. The molecule has 0 spiro atoms. The van der Waals surface area contributed by atoms with Gasteiger partial charge in [0.15, 0.2) is 10.7 Å². The molecule has 1 rings (SSSR count). The van der Waals surface area contributed by atoms with Crippen LogP contribution >= 0.6 is 0 Å². The number of rotatable bonds is 4. The zero-order valence-corrected chi connectivity index (χ0v) is 9.95. The summed E-state index contributed by atoms with van der Waals surface area (Å²) >= 11 is 0. The maximum atomic E-state index is 10.2. The van der Waals surface area contributed by atoms with Gasteiger partial charge in [-0.05, 0) is 25.1 Å². The summed E-state index contributed by atoms with van der Waals surface area (Å²) in [6, 6.07) is 8.29. The average Bonchev–Trinajstić information content (AvgIpc) is 2.28. The largest absolute Gasteiger partial charge is 0.330 e. The molecule has 15 heavy (non-hydrogen) atoms. The van der Waals surface area contributed by atoms with E-state index >= 15 is 0 Å². The minimum atomic E-state index is -2.40. The molecule has 0 aliphatic carbocycles. The molecule has 4 heteroatoms. The van der Waals surface area contributed by atoms with E-state index in [-0.39, 0.29) is 0 Å². The van der Waals surface area contributed by atoms with Gasteiger partial charge in [-0.25, -0.2) is 8.42 Å². The van der Waals surface area contributed by atoms with Crippen molar-refractivity contribution in [2.24, 2.45) is 5.73 Å². The Hall–Kier alpha value is -0.870. The minimum Gasteiger partial charge on any atom is -0.330 e. The van der Waals surface area contributed by atoms with Gasteiger partial charge in [0.05, 0.1) is 4.90 Å². The van der Waals surface area contributed by atoms with Crippen molar-refractivity contribution in [1.82, 2.24) is 0 Å². The van der Waals surface area contributed by atoms with E-state index in [1.165, 1.54) is 19.3 Å². The molecular formula is C11H19NO2S. The molecule has 1 aromatic carbocycles. The van der Waals surface area contributed by atoms with Crippen LogP contribution < -0.4 is 5.73 Å². The van der Waals surface area contributed by atoms with Crippen molar-refractivity contribution in [2.45, 2.75) is 31.1 Å². The molecule has 2 N–H and O–H groups in total. The number of hydrogen-bond donors (Lipinski definition) is 2. The summed E-state index contributed by atoms with van der Waals surface area (Å²) in [5, 5.41) is 0. The van der Waals surface area contributed by atoms with Crippen molar-refractivity contribution < 1.29 is 8.42 Å². The Morgan fingerprint density at radius 3 is 2.00 bits per heavy atom. The first-order chi connectivity index (χ1) is 7.22. The summed E-state index contributed by atoms with van der Waals surface area (Å²) in [6.45, 7) is 3.03. The van der Waals surface area contributed by atoms with Crippen LogP contribution in [0.2, 0.25) is 0 Å². The standard InChI is InChI=1S/C6H6O2S.C5H13N/c7-9(8)6-4-2-1-3-5-6;1-2-3-4-5-6/h1-5,9H;2-6H2,1H3. The molecule has 0 fully saturated rings. The van der Waals surface area contributed by atoms with E-state index < -0.39 is 10.7 Å². The van der Waals surface area contributed by atoms with Crippen molar-refractivity contribution in [2.75, 3.05) is 6.54 Å². The zero-order chi connectivity index (χ0) is 11.5. The number of unbranched alkanes of at least 4 members (excludes halogenated alkanes) is 2. The summed E-state index contributed by atoms with van der Waals surface area (Å²) < 4.78 is 20.5. The highest BCUT2D eigenvalue weighted by Crippen LogP contribution is 1.97. The molecule has 0 saturated carbocycles. The van der Waals surface area contributed by atoms with E-state index in [4.69, 9.17) is 5.73 Å². The lowest BCUT2D eigenvalue weighted by molar-refractivity contribution is 0.614. The van der Waals surface area contributed by atoms with E-state index in [0.29, 0.717) is 4.90 Å². The minimum absolute atomic E-state index is 0.368. The normalized spacial score (nSPS) is 9.53. The number of nitrogens with two attached hydrogens (primary N) is 1. The van der Waals surface area contributed by atoms with Crippen LogP contribution in [0, 0.1) is 0 Å². The Morgan fingerprint density at radius 1 is 1.13 bits per heavy atom. The lowest BCUT2D eigenvalue weighted by Crippen LogP contribution is -1.96. The van der Waals surface area contributed by atoms with Crippen LogP contribution in [-0.2, 0) is 10.7 Å². The summed E-state index contributed by atoms with van der Waals surface area (Å²) in [6.07, 6.45) is 3.75. The highest BCUT2D eigenvalue weighted by molar-refractivity contribution is 7.72. The van der Waals surface area contributed by atoms with Crippen LogP contribution in [-0.4, -0.2) is 15.0 Å². The van der Waals surface area contributed by atoms with Crippen LogP contribution in [0.4, 0.5) is 0 Å². The van der Waals surface area contributed by atoms with Crippen LogP contribution in [0.15, 0.2) is 35.2 Å². The van der Waals surface area contributed by atoms with Gasteiger partial charge in [0.2, 0.25) is 0 Å². The van der Waals surface area contributed by atoms with E-state index in [0.717, 1.165) is 6.54 Å². The van der Waals surface area contributed by atoms with Gasteiger partial charge in [0.25, 0.3) is 0 Å². The van der Waals surface area contributed by atoms with Gasteiger partial charge >= 0.3 is 0 Å². The highest BCUT2D eigenvalue weighted by Gasteiger charge is 1.87. The Balaban J connectivity index is 0.000000288. The predicted molar refractivity (Wildman–Crippen MR) is 63.6 cm³/mol. The maximum absolute atomic E-state index is 10.2. The smallest absolute Gasteiger partial charge is 0.168 e. The second-order valence-electron chi connectivity index (χ2n) is 3.09. The molecule has 0 aromatic heterocycles. The SMILES string of the molecule is CCCCCN.O=[SH](=O)c1ccccc1. The van der Waals surface area contributed by atoms with Crippen LogP contribution in [0.25, 0.3) is 0 Å². The molecule has 0 saturated heterocycles. The molecule has 86 valence electrons. The molecule has 0 heterocycles. The molecule has 0 amide bonds. The molecule has 1 aromatic rings. The highest BCUT2D eigenvalue weighted by atomic mass is 32.2. The first kappa shape index (κ1) is 14.1. The molecular weight excluding hydrogens is 210 g/mol. The van der Waals surface area contributed by atoms with E-state index in [2.05, 4.69) is 6.92 Å². The number of thiol groups is 1. The van der Waals surface area contributed by atoms with Crippen LogP contribution in [0.3, 0.4) is 0 Å². The lowest BCUT2D eigenvalue weighted by atomic mass is 10.3. The third kappa shape index (κ3) is 8.15. The monoisotopic (exact) mass is 229 g/mol. The van der Waals surface area contributed by atoms with Gasteiger partial charge in [0, 0.05) is 0 Å². The molecule has 0 aliphatic rings. The third-order valence-electron chi connectivity index (χ3n) is 1.77. The summed E-state index contributed by atoms with van der Waals surface area (Å²) in [7, 11) is -2.40. The zero-order valence-electron chi connectivity index (χ0n) is 9.06. The predicted octanol–water partition coefficient (Wildman–Crippen LogP) is 1.79. The Labute approximate surface area is 93.3 Å². The first-order valence-electron chi connectivity index (χ1n) is 5.11. The molecule has 3 nitrogen and oxygen atoms in total. The summed E-state index contributed by atoms with van der Waals surface area (Å²) in [5.74, 6) is 0. The van der Waals surface area contributed by atoms with Crippen molar-refractivity contribution in [3.8, 4) is 0 Å². The Kier molecular flexibility index (Phi) is 9.11. The van der Waals surface area contributed by atoms with Crippen molar-refractivity contribution in [3.05, 3.63) is 30.3 Å². The quantitative estimate of drug-likeness (QED) is 0.611. The van der Waals surface area contributed by atoms with Crippen molar-refractivity contribution in [3.63, 3.8) is 0 Å². The molecule has 0 radical (unpaired) electrons. The molecule has 0 unspecified atom stereocenters. The molecule has 0 atom stereocenters. The third-order valence-corrected chi connectivity index (χ3v) is 2.49.